The molecule has 0 amide bonds. The van der Waals surface area contributed by atoms with Gasteiger partial charge in [-0.05, 0) is 24.1 Å². The average Bonchev–Trinajstić information content (AvgIpc) is 2.30. The van der Waals surface area contributed by atoms with E-state index in [4.69, 9.17) is 0 Å². The van der Waals surface area contributed by atoms with Gasteiger partial charge < -0.3 is 5.11 Å². The molecule has 0 aliphatic carbocycles. The van der Waals surface area contributed by atoms with Crippen LogP contribution in [0.1, 0.15) is 11.1 Å². The van der Waals surface area contributed by atoms with Crippen molar-refractivity contribution in [1.29, 1.82) is 0 Å². The Bertz CT molecular complexity index is 509. The number of aliphatic hydroxyl groups excluding tert-OH is 1. The van der Waals surface area contributed by atoms with E-state index in [0.29, 0.717) is 0 Å². The van der Waals surface area contributed by atoms with Gasteiger partial charge in [-0.15, -0.1) is 0 Å². The zero-order chi connectivity index (χ0) is 11.5. The Balaban J connectivity index is 2.44. The lowest BCUT2D eigenvalue weighted by Gasteiger charge is -2.05. The molecule has 0 atom stereocenters. The molecule has 1 heteroatoms. The van der Waals surface area contributed by atoms with E-state index in [1.165, 1.54) is 5.56 Å². The quantitative estimate of drug-likeness (QED) is 0.737. The minimum Gasteiger partial charge on any atom is -0.508 e. The lowest BCUT2D eigenvalue weighted by molar-refractivity contribution is 0.514. The number of hydrogen-bond acceptors (Lipinski definition) is 1. The first-order chi connectivity index (χ1) is 7.66. The lowest BCUT2D eigenvalue weighted by atomic mass is 10.0. The monoisotopic (exact) mass is 210 g/mol. The summed E-state index contributed by atoms with van der Waals surface area (Å²) in [5, 5.41) is 9.34. The molecule has 16 heavy (non-hydrogen) atoms. The number of aliphatic hydroxyl groups is 1. The zero-order valence-corrected chi connectivity index (χ0v) is 9.27. The van der Waals surface area contributed by atoms with E-state index in [1.807, 2.05) is 24.3 Å². The first-order valence-electron chi connectivity index (χ1n) is 5.22. The Labute approximate surface area is 95.7 Å². The minimum absolute atomic E-state index is 0.106. The van der Waals surface area contributed by atoms with Gasteiger partial charge in [-0.3, -0.25) is 0 Å². The fourth-order valence-electron chi connectivity index (χ4n) is 1.62. The molecule has 0 spiro atoms. The first kappa shape index (κ1) is 10.5. The molecule has 0 aromatic heterocycles. The number of benzene rings is 2. The summed E-state index contributed by atoms with van der Waals surface area (Å²) >= 11 is 0. The molecule has 0 saturated heterocycles. The molecule has 2 aromatic carbocycles. The fourth-order valence-corrected chi connectivity index (χ4v) is 1.62. The predicted molar refractivity (Wildman–Crippen MR) is 68.3 cm³/mol. The van der Waals surface area contributed by atoms with E-state index in [2.05, 4.69) is 37.8 Å². The standard InChI is InChI=1S/C15H14O/c1-11-6-8-13(9-7-11)15-5-3-4-14(10-15)12(2)16/h3-10,16H,2H2,1H3. The van der Waals surface area contributed by atoms with Crippen LogP contribution in [0.25, 0.3) is 16.9 Å². The van der Waals surface area contributed by atoms with Crippen LogP contribution in [0.3, 0.4) is 0 Å². The number of hydrogen-bond donors (Lipinski definition) is 1. The highest BCUT2D eigenvalue weighted by Gasteiger charge is 2.00. The largest absolute Gasteiger partial charge is 0.508 e. The molecule has 0 heterocycles. The van der Waals surface area contributed by atoms with Gasteiger partial charge in [-0.1, -0.05) is 54.6 Å². The molecule has 2 aromatic rings. The highest BCUT2D eigenvalue weighted by molar-refractivity contribution is 5.69. The van der Waals surface area contributed by atoms with Gasteiger partial charge in [-0.25, -0.2) is 0 Å². The highest BCUT2D eigenvalue weighted by Crippen LogP contribution is 2.22. The van der Waals surface area contributed by atoms with Crippen molar-refractivity contribution in [3.63, 3.8) is 0 Å². The van der Waals surface area contributed by atoms with Crippen molar-refractivity contribution in [3.8, 4) is 11.1 Å². The van der Waals surface area contributed by atoms with E-state index in [9.17, 15) is 5.11 Å². The molecule has 2 rings (SSSR count). The van der Waals surface area contributed by atoms with Gasteiger partial charge in [0.1, 0.15) is 5.76 Å². The van der Waals surface area contributed by atoms with Crippen LogP contribution in [0.5, 0.6) is 0 Å². The molecule has 0 bridgehead atoms. The maximum atomic E-state index is 9.34. The Morgan fingerprint density at radius 1 is 1.00 bits per heavy atom. The third-order valence-electron chi connectivity index (χ3n) is 2.58. The van der Waals surface area contributed by atoms with Crippen LogP contribution in [0.2, 0.25) is 0 Å². The number of aryl methyl sites for hydroxylation is 1. The second kappa shape index (κ2) is 4.23. The summed E-state index contributed by atoms with van der Waals surface area (Å²) in [6.45, 7) is 5.60. The van der Waals surface area contributed by atoms with Crippen LogP contribution in [0.15, 0.2) is 55.1 Å². The first-order valence-corrected chi connectivity index (χ1v) is 5.22. The summed E-state index contributed by atoms with van der Waals surface area (Å²) in [4.78, 5) is 0. The van der Waals surface area contributed by atoms with Gasteiger partial charge in [0.15, 0.2) is 0 Å². The summed E-state index contributed by atoms with van der Waals surface area (Å²) in [7, 11) is 0. The van der Waals surface area contributed by atoms with Crippen LogP contribution in [-0.2, 0) is 0 Å². The normalized spacial score (nSPS) is 10.1. The lowest BCUT2D eigenvalue weighted by Crippen LogP contribution is -1.83. The molecule has 80 valence electrons. The van der Waals surface area contributed by atoms with Crippen LogP contribution in [0.4, 0.5) is 0 Å². The van der Waals surface area contributed by atoms with Crippen LogP contribution in [-0.4, -0.2) is 5.11 Å². The second-order valence-corrected chi connectivity index (χ2v) is 3.89. The van der Waals surface area contributed by atoms with E-state index in [-0.39, 0.29) is 5.76 Å². The highest BCUT2D eigenvalue weighted by atomic mass is 16.3. The molecule has 1 nitrogen and oxygen atoms in total. The van der Waals surface area contributed by atoms with Gasteiger partial charge in [0.2, 0.25) is 0 Å². The average molecular weight is 210 g/mol. The van der Waals surface area contributed by atoms with Crippen molar-refractivity contribution in [3.05, 3.63) is 66.2 Å². The molecule has 0 radical (unpaired) electrons. The van der Waals surface area contributed by atoms with Crippen LogP contribution >= 0.6 is 0 Å². The molecule has 0 unspecified atom stereocenters. The van der Waals surface area contributed by atoms with Crippen LogP contribution < -0.4 is 0 Å². The van der Waals surface area contributed by atoms with Gasteiger partial charge in [0.05, 0.1) is 0 Å². The van der Waals surface area contributed by atoms with Crippen molar-refractivity contribution >= 4 is 5.76 Å². The molecule has 1 N–H and O–H groups in total. The fraction of sp³-hybridized carbons (Fsp3) is 0.0667. The van der Waals surface area contributed by atoms with Gasteiger partial charge in [-0.2, -0.15) is 0 Å². The van der Waals surface area contributed by atoms with Crippen LogP contribution in [0, 0.1) is 6.92 Å². The summed E-state index contributed by atoms with van der Waals surface area (Å²) in [5.74, 6) is 0.106. The van der Waals surface area contributed by atoms with Crippen molar-refractivity contribution in [2.75, 3.05) is 0 Å². The van der Waals surface area contributed by atoms with Gasteiger partial charge >= 0.3 is 0 Å². The Hall–Kier alpha value is -2.02. The predicted octanol–water partition coefficient (Wildman–Crippen LogP) is 4.19. The van der Waals surface area contributed by atoms with E-state index >= 15 is 0 Å². The number of rotatable bonds is 2. The molecule has 0 fully saturated rings. The third kappa shape index (κ3) is 2.14. The Morgan fingerprint density at radius 3 is 2.31 bits per heavy atom. The van der Waals surface area contributed by atoms with Crippen molar-refractivity contribution in [2.24, 2.45) is 0 Å². The van der Waals surface area contributed by atoms with Crippen molar-refractivity contribution < 1.29 is 5.11 Å². The molecule has 0 saturated carbocycles. The SMILES string of the molecule is C=C(O)c1cccc(-c2ccc(C)cc2)c1. The summed E-state index contributed by atoms with van der Waals surface area (Å²) in [5.41, 5.74) is 4.24. The molecular weight excluding hydrogens is 196 g/mol. The van der Waals surface area contributed by atoms with Crippen molar-refractivity contribution in [2.45, 2.75) is 6.92 Å². The van der Waals surface area contributed by atoms with Gasteiger partial charge in [0.25, 0.3) is 0 Å². The van der Waals surface area contributed by atoms with Crippen molar-refractivity contribution in [1.82, 2.24) is 0 Å². The van der Waals surface area contributed by atoms with E-state index < -0.39 is 0 Å². The summed E-state index contributed by atoms with van der Waals surface area (Å²) < 4.78 is 0. The summed E-state index contributed by atoms with van der Waals surface area (Å²) in [6.07, 6.45) is 0. The minimum atomic E-state index is 0.106. The second-order valence-electron chi connectivity index (χ2n) is 3.89. The maximum absolute atomic E-state index is 9.34. The smallest absolute Gasteiger partial charge is 0.115 e. The molecule has 0 aliphatic rings. The molecule has 0 aliphatic heterocycles. The topological polar surface area (TPSA) is 20.2 Å². The maximum Gasteiger partial charge on any atom is 0.115 e. The Kier molecular flexibility index (Phi) is 2.78. The third-order valence-corrected chi connectivity index (χ3v) is 2.58. The van der Waals surface area contributed by atoms with E-state index in [0.717, 1.165) is 16.7 Å². The van der Waals surface area contributed by atoms with E-state index in [1.54, 1.807) is 0 Å². The Morgan fingerprint density at radius 2 is 1.69 bits per heavy atom. The summed E-state index contributed by atoms with van der Waals surface area (Å²) in [6, 6.07) is 16.0. The zero-order valence-electron chi connectivity index (χ0n) is 9.27. The van der Waals surface area contributed by atoms with Gasteiger partial charge in [0, 0.05) is 5.56 Å². The molecular formula is C15H14O.